The lowest BCUT2D eigenvalue weighted by molar-refractivity contribution is 0.554. The fourth-order valence-electron chi connectivity index (χ4n) is 1.92. The van der Waals surface area contributed by atoms with Gasteiger partial charge in [0, 0.05) is 35.3 Å². The van der Waals surface area contributed by atoms with Gasteiger partial charge in [0.1, 0.15) is 0 Å². The normalized spacial score (nSPS) is 12.1. The molecule has 0 fully saturated rings. The van der Waals surface area contributed by atoms with Crippen molar-refractivity contribution in [3.63, 3.8) is 0 Å². The summed E-state index contributed by atoms with van der Waals surface area (Å²) in [5.41, 5.74) is 0.127. The third-order valence-electron chi connectivity index (χ3n) is 3.10. The van der Waals surface area contributed by atoms with Gasteiger partial charge in [-0.25, -0.2) is 4.98 Å². The number of nitrogens with zero attached hydrogens (tertiary/aromatic N) is 2. The topological polar surface area (TPSA) is 29.9 Å². The van der Waals surface area contributed by atoms with Crippen LogP contribution in [0.5, 0.6) is 0 Å². The van der Waals surface area contributed by atoms with Gasteiger partial charge < -0.3 is 9.88 Å². The molecule has 0 unspecified atom stereocenters. The van der Waals surface area contributed by atoms with Crippen LogP contribution < -0.4 is 5.32 Å². The SMILES string of the molecule is CC(C)n1ccnc1NCC(C)(C)c1cccs1. The van der Waals surface area contributed by atoms with Crippen molar-refractivity contribution in [1.82, 2.24) is 9.55 Å². The Kier molecular flexibility index (Phi) is 3.76. The Balaban J connectivity index is 2.05. The summed E-state index contributed by atoms with van der Waals surface area (Å²) in [6.07, 6.45) is 3.87. The van der Waals surface area contributed by atoms with E-state index in [2.05, 4.69) is 60.1 Å². The fourth-order valence-corrected chi connectivity index (χ4v) is 2.77. The minimum Gasteiger partial charge on any atom is -0.355 e. The van der Waals surface area contributed by atoms with Gasteiger partial charge >= 0.3 is 0 Å². The molecule has 0 bridgehead atoms. The largest absolute Gasteiger partial charge is 0.355 e. The van der Waals surface area contributed by atoms with Crippen LogP contribution in [0.25, 0.3) is 0 Å². The number of imidazole rings is 1. The molecule has 98 valence electrons. The Labute approximate surface area is 113 Å². The van der Waals surface area contributed by atoms with Gasteiger partial charge in [-0.3, -0.25) is 0 Å². The molecule has 2 aromatic rings. The minimum absolute atomic E-state index is 0.127. The molecule has 0 saturated carbocycles. The van der Waals surface area contributed by atoms with E-state index >= 15 is 0 Å². The van der Waals surface area contributed by atoms with Crippen molar-refractivity contribution >= 4 is 17.3 Å². The van der Waals surface area contributed by atoms with E-state index in [4.69, 9.17) is 0 Å². The molecule has 0 aliphatic heterocycles. The molecule has 2 aromatic heterocycles. The molecule has 0 spiro atoms. The maximum absolute atomic E-state index is 4.38. The molecule has 0 aromatic carbocycles. The molecule has 0 saturated heterocycles. The average Bonchev–Trinajstić information content (AvgIpc) is 2.97. The highest BCUT2D eigenvalue weighted by molar-refractivity contribution is 7.10. The third-order valence-corrected chi connectivity index (χ3v) is 4.34. The highest BCUT2D eigenvalue weighted by Crippen LogP contribution is 2.27. The second kappa shape index (κ2) is 5.14. The van der Waals surface area contributed by atoms with Gasteiger partial charge in [0.15, 0.2) is 0 Å². The summed E-state index contributed by atoms with van der Waals surface area (Å²) >= 11 is 1.81. The maximum Gasteiger partial charge on any atom is 0.203 e. The zero-order valence-corrected chi connectivity index (χ0v) is 12.3. The molecular weight excluding hydrogens is 242 g/mol. The number of thiophene rings is 1. The molecule has 3 nitrogen and oxygen atoms in total. The molecule has 0 aliphatic rings. The third kappa shape index (κ3) is 2.75. The standard InChI is InChI=1S/C14H21N3S/c1-11(2)17-8-7-15-13(17)16-10-14(3,4)12-6-5-9-18-12/h5-9,11H,10H2,1-4H3,(H,15,16). The molecule has 18 heavy (non-hydrogen) atoms. The molecule has 2 heterocycles. The Hall–Kier alpha value is -1.29. The predicted molar refractivity (Wildman–Crippen MR) is 78.4 cm³/mol. The van der Waals surface area contributed by atoms with E-state index in [-0.39, 0.29) is 5.41 Å². The lowest BCUT2D eigenvalue weighted by Gasteiger charge is -2.24. The maximum atomic E-state index is 4.38. The van der Waals surface area contributed by atoms with Crippen LogP contribution in [0.4, 0.5) is 5.95 Å². The highest BCUT2D eigenvalue weighted by atomic mass is 32.1. The van der Waals surface area contributed by atoms with Crippen molar-refractivity contribution in [3.8, 4) is 0 Å². The monoisotopic (exact) mass is 263 g/mol. The van der Waals surface area contributed by atoms with Crippen molar-refractivity contribution < 1.29 is 0 Å². The van der Waals surface area contributed by atoms with Crippen molar-refractivity contribution in [2.45, 2.75) is 39.2 Å². The number of anilines is 1. The first kappa shape index (κ1) is 13.1. The summed E-state index contributed by atoms with van der Waals surface area (Å²) in [5.74, 6) is 0.953. The number of aromatic nitrogens is 2. The number of hydrogen-bond acceptors (Lipinski definition) is 3. The predicted octanol–water partition coefficient (Wildman–Crippen LogP) is 3.92. The molecule has 0 aliphatic carbocycles. The van der Waals surface area contributed by atoms with Crippen LogP contribution in [0, 0.1) is 0 Å². The van der Waals surface area contributed by atoms with Gasteiger partial charge in [-0.2, -0.15) is 0 Å². The number of rotatable bonds is 5. The summed E-state index contributed by atoms with van der Waals surface area (Å²) in [5, 5.41) is 5.59. The van der Waals surface area contributed by atoms with Crippen molar-refractivity contribution in [1.29, 1.82) is 0 Å². The molecule has 1 N–H and O–H groups in total. The molecule has 0 amide bonds. The van der Waals surface area contributed by atoms with Crippen molar-refractivity contribution in [3.05, 3.63) is 34.8 Å². The first-order valence-corrected chi connectivity index (χ1v) is 7.19. The van der Waals surface area contributed by atoms with Crippen LogP contribution in [0.3, 0.4) is 0 Å². The molecule has 2 rings (SSSR count). The lowest BCUT2D eigenvalue weighted by atomic mass is 9.91. The van der Waals surface area contributed by atoms with Crippen LogP contribution in [-0.4, -0.2) is 16.1 Å². The lowest BCUT2D eigenvalue weighted by Crippen LogP contribution is -2.27. The second-order valence-corrected chi connectivity index (χ2v) is 6.41. The van der Waals surface area contributed by atoms with E-state index in [0.717, 1.165) is 12.5 Å². The molecular formula is C14H21N3S. The van der Waals surface area contributed by atoms with Gasteiger partial charge in [-0.1, -0.05) is 19.9 Å². The van der Waals surface area contributed by atoms with E-state index in [0.29, 0.717) is 6.04 Å². The van der Waals surface area contributed by atoms with Gasteiger partial charge in [0.05, 0.1) is 0 Å². The van der Waals surface area contributed by atoms with E-state index < -0.39 is 0 Å². The van der Waals surface area contributed by atoms with E-state index in [9.17, 15) is 0 Å². The van der Waals surface area contributed by atoms with Crippen LogP contribution in [-0.2, 0) is 5.41 Å². The minimum atomic E-state index is 0.127. The smallest absolute Gasteiger partial charge is 0.203 e. The quantitative estimate of drug-likeness (QED) is 0.886. The average molecular weight is 263 g/mol. The zero-order valence-electron chi connectivity index (χ0n) is 11.5. The van der Waals surface area contributed by atoms with Gasteiger partial charge in [0.25, 0.3) is 0 Å². The fraction of sp³-hybridized carbons (Fsp3) is 0.500. The summed E-state index contributed by atoms with van der Waals surface area (Å²) in [6.45, 7) is 9.73. The summed E-state index contributed by atoms with van der Waals surface area (Å²) in [6, 6.07) is 4.73. The molecule has 0 atom stereocenters. The van der Waals surface area contributed by atoms with Crippen LogP contribution >= 0.6 is 11.3 Å². The van der Waals surface area contributed by atoms with Gasteiger partial charge in [0.2, 0.25) is 5.95 Å². The Morgan fingerprint density at radius 1 is 1.44 bits per heavy atom. The first-order valence-electron chi connectivity index (χ1n) is 6.31. The number of hydrogen-bond donors (Lipinski definition) is 1. The van der Waals surface area contributed by atoms with Gasteiger partial charge in [-0.05, 0) is 25.3 Å². The Morgan fingerprint density at radius 2 is 2.22 bits per heavy atom. The Bertz CT molecular complexity index is 483. The number of nitrogens with one attached hydrogen (secondary N) is 1. The van der Waals surface area contributed by atoms with E-state index in [1.165, 1.54) is 4.88 Å². The van der Waals surface area contributed by atoms with Crippen LogP contribution in [0.15, 0.2) is 29.9 Å². The molecule has 0 radical (unpaired) electrons. The highest BCUT2D eigenvalue weighted by Gasteiger charge is 2.22. The van der Waals surface area contributed by atoms with E-state index in [1.807, 2.05) is 23.7 Å². The van der Waals surface area contributed by atoms with Gasteiger partial charge in [-0.15, -0.1) is 11.3 Å². The molecule has 4 heteroatoms. The summed E-state index contributed by atoms with van der Waals surface area (Å²) in [4.78, 5) is 5.78. The van der Waals surface area contributed by atoms with Crippen molar-refractivity contribution in [2.24, 2.45) is 0 Å². The second-order valence-electron chi connectivity index (χ2n) is 5.47. The van der Waals surface area contributed by atoms with Crippen LogP contribution in [0.2, 0.25) is 0 Å². The summed E-state index contributed by atoms with van der Waals surface area (Å²) < 4.78 is 2.16. The van der Waals surface area contributed by atoms with E-state index in [1.54, 1.807) is 0 Å². The van der Waals surface area contributed by atoms with Crippen LogP contribution in [0.1, 0.15) is 38.6 Å². The zero-order chi connectivity index (χ0) is 13.2. The summed E-state index contributed by atoms with van der Waals surface area (Å²) in [7, 11) is 0. The Morgan fingerprint density at radius 3 is 2.83 bits per heavy atom. The van der Waals surface area contributed by atoms with Crippen molar-refractivity contribution in [2.75, 3.05) is 11.9 Å². The first-order chi connectivity index (χ1) is 8.50.